The molecule has 0 saturated heterocycles. The van der Waals surface area contributed by atoms with Crippen molar-refractivity contribution in [1.82, 2.24) is 0 Å². The molecule has 0 fully saturated rings. The van der Waals surface area contributed by atoms with Crippen LogP contribution in [0, 0.1) is 11.3 Å². The van der Waals surface area contributed by atoms with E-state index >= 15 is 0 Å². The number of rotatable bonds is 4. The van der Waals surface area contributed by atoms with Crippen LogP contribution in [0.2, 0.25) is 0 Å². The highest BCUT2D eigenvalue weighted by molar-refractivity contribution is 8.00. The maximum Gasteiger partial charge on any atom is 0.0888 e. The topological polar surface area (TPSA) is 44.0 Å². The Bertz CT molecular complexity index is 99.7. The lowest BCUT2D eigenvalue weighted by Crippen LogP contribution is -1.93. The maximum absolute atomic E-state index is 8.36. The quantitative estimate of drug-likeness (QED) is 0.600. The van der Waals surface area contributed by atoms with E-state index in [4.69, 9.17) is 10.4 Å². The van der Waals surface area contributed by atoms with Crippen LogP contribution in [0.3, 0.4) is 0 Å². The maximum atomic E-state index is 8.36. The molecule has 0 aliphatic rings. The van der Waals surface area contributed by atoms with Gasteiger partial charge in [0.05, 0.1) is 11.3 Å². The van der Waals surface area contributed by atoms with Crippen LogP contribution in [0.1, 0.15) is 13.3 Å². The van der Waals surface area contributed by atoms with Crippen LogP contribution in [0.25, 0.3) is 0 Å². The highest BCUT2D eigenvalue weighted by Gasteiger charge is 1.96. The number of thioether (sulfide) groups is 1. The Labute approximate surface area is 59.9 Å². The summed E-state index contributed by atoms with van der Waals surface area (Å²) in [6, 6.07) is 2.11. The van der Waals surface area contributed by atoms with E-state index in [1.165, 1.54) is 0 Å². The molecule has 0 saturated carbocycles. The second-order valence-corrected chi connectivity index (χ2v) is 3.17. The zero-order valence-electron chi connectivity index (χ0n) is 5.50. The average Bonchev–Trinajstić information content (AvgIpc) is 1.89. The Morgan fingerprint density at radius 2 is 2.44 bits per heavy atom. The van der Waals surface area contributed by atoms with Crippen molar-refractivity contribution in [3.8, 4) is 6.07 Å². The number of nitrogens with zero attached hydrogens (tertiary/aromatic N) is 1. The van der Waals surface area contributed by atoms with Crippen molar-refractivity contribution in [3.05, 3.63) is 0 Å². The number of aliphatic hydroxyl groups is 1. The van der Waals surface area contributed by atoms with E-state index in [1.807, 2.05) is 6.92 Å². The van der Waals surface area contributed by atoms with E-state index in [-0.39, 0.29) is 11.9 Å². The SMILES string of the molecule is CC(C#N)SCCCO. The fourth-order valence-corrected chi connectivity index (χ4v) is 1.09. The first-order valence-corrected chi connectivity index (χ1v) is 3.98. The smallest absolute Gasteiger partial charge is 0.0888 e. The van der Waals surface area contributed by atoms with E-state index in [9.17, 15) is 0 Å². The van der Waals surface area contributed by atoms with Gasteiger partial charge in [-0.3, -0.25) is 0 Å². The Kier molecular flexibility index (Phi) is 5.80. The molecule has 0 aromatic carbocycles. The van der Waals surface area contributed by atoms with Crippen molar-refractivity contribution in [2.45, 2.75) is 18.6 Å². The van der Waals surface area contributed by atoms with Gasteiger partial charge in [-0.2, -0.15) is 5.26 Å². The molecular formula is C6H11NOS. The summed E-state index contributed by atoms with van der Waals surface area (Å²) in [6.45, 7) is 2.09. The minimum absolute atomic E-state index is 0.0662. The lowest BCUT2D eigenvalue weighted by molar-refractivity contribution is 0.296. The zero-order valence-corrected chi connectivity index (χ0v) is 6.32. The van der Waals surface area contributed by atoms with Gasteiger partial charge in [-0.05, 0) is 19.1 Å². The van der Waals surface area contributed by atoms with E-state index in [0.717, 1.165) is 12.2 Å². The summed E-state index contributed by atoms with van der Waals surface area (Å²) in [6.07, 6.45) is 0.788. The Morgan fingerprint density at radius 1 is 1.78 bits per heavy atom. The van der Waals surface area contributed by atoms with Gasteiger partial charge in [0, 0.05) is 6.61 Å². The largest absolute Gasteiger partial charge is 0.396 e. The number of nitriles is 1. The van der Waals surface area contributed by atoms with Gasteiger partial charge in [-0.25, -0.2) is 0 Å². The first-order chi connectivity index (χ1) is 4.31. The molecule has 3 heteroatoms. The van der Waals surface area contributed by atoms with Gasteiger partial charge in [0.25, 0.3) is 0 Å². The fourth-order valence-electron chi connectivity index (χ4n) is 0.362. The second-order valence-electron chi connectivity index (χ2n) is 1.72. The van der Waals surface area contributed by atoms with E-state index in [0.29, 0.717) is 0 Å². The van der Waals surface area contributed by atoms with Crippen LogP contribution in [0.4, 0.5) is 0 Å². The summed E-state index contributed by atoms with van der Waals surface area (Å²) < 4.78 is 0. The fraction of sp³-hybridized carbons (Fsp3) is 0.833. The predicted octanol–water partition coefficient (Wildman–Crippen LogP) is 1.01. The molecule has 0 aliphatic heterocycles. The Balaban J connectivity index is 2.99. The Hall–Kier alpha value is -0.200. The van der Waals surface area contributed by atoms with Gasteiger partial charge in [-0.15, -0.1) is 11.8 Å². The third kappa shape index (κ3) is 5.67. The standard InChI is InChI=1S/C6H11NOS/c1-6(5-7)9-4-2-3-8/h6,8H,2-4H2,1H3. The van der Waals surface area contributed by atoms with Crippen molar-refractivity contribution in [2.24, 2.45) is 0 Å². The average molecular weight is 145 g/mol. The first-order valence-electron chi connectivity index (χ1n) is 2.93. The molecule has 1 unspecified atom stereocenters. The number of hydrogen-bond donors (Lipinski definition) is 1. The molecule has 1 atom stereocenters. The molecule has 52 valence electrons. The molecular weight excluding hydrogens is 134 g/mol. The van der Waals surface area contributed by atoms with Crippen molar-refractivity contribution in [2.75, 3.05) is 12.4 Å². The van der Waals surface area contributed by atoms with Crippen molar-refractivity contribution >= 4 is 11.8 Å². The molecule has 0 aromatic rings. The third-order valence-corrected chi connectivity index (χ3v) is 1.98. The van der Waals surface area contributed by atoms with Gasteiger partial charge >= 0.3 is 0 Å². The minimum atomic E-state index is 0.0662. The number of hydrogen-bond acceptors (Lipinski definition) is 3. The predicted molar refractivity (Wildman–Crippen MR) is 39.2 cm³/mol. The molecule has 0 spiro atoms. The van der Waals surface area contributed by atoms with Crippen LogP contribution < -0.4 is 0 Å². The molecule has 0 bridgehead atoms. The summed E-state index contributed by atoms with van der Waals surface area (Å²) in [5, 5.41) is 16.7. The molecule has 1 N–H and O–H groups in total. The van der Waals surface area contributed by atoms with Crippen molar-refractivity contribution in [3.63, 3.8) is 0 Å². The monoisotopic (exact) mass is 145 g/mol. The minimum Gasteiger partial charge on any atom is -0.396 e. The van der Waals surface area contributed by atoms with Crippen LogP contribution >= 0.6 is 11.8 Å². The van der Waals surface area contributed by atoms with Gasteiger partial charge in [0.1, 0.15) is 0 Å². The van der Waals surface area contributed by atoms with Gasteiger partial charge in [-0.1, -0.05) is 0 Å². The van der Waals surface area contributed by atoms with Crippen LogP contribution in [0.5, 0.6) is 0 Å². The summed E-state index contributed by atoms with van der Waals surface area (Å²) in [7, 11) is 0. The summed E-state index contributed by atoms with van der Waals surface area (Å²) in [5.74, 6) is 0.880. The van der Waals surface area contributed by atoms with Gasteiger partial charge in [0.15, 0.2) is 0 Å². The summed E-state index contributed by atoms with van der Waals surface area (Å²) >= 11 is 1.58. The zero-order chi connectivity index (χ0) is 7.11. The molecule has 0 amide bonds. The van der Waals surface area contributed by atoms with Crippen LogP contribution in [0.15, 0.2) is 0 Å². The molecule has 2 nitrogen and oxygen atoms in total. The van der Waals surface area contributed by atoms with E-state index < -0.39 is 0 Å². The second kappa shape index (κ2) is 5.93. The molecule has 0 aliphatic carbocycles. The Morgan fingerprint density at radius 3 is 2.89 bits per heavy atom. The van der Waals surface area contributed by atoms with Gasteiger partial charge < -0.3 is 5.11 Å². The van der Waals surface area contributed by atoms with Gasteiger partial charge in [0.2, 0.25) is 0 Å². The molecule has 0 heterocycles. The summed E-state index contributed by atoms with van der Waals surface area (Å²) in [5.41, 5.74) is 0. The molecule has 0 rings (SSSR count). The third-order valence-electron chi connectivity index (χ3n) is 0.852. The van der Waals surface area contributed by atoms with Crippen LogP contribution in [-0.4, -0.2) is 22.7 Å². The van der Waals surface area contributed by atoms with Crippen molar-refractivity contribution < 1.29 is 5.11 Å². The highest BCUT2D eigenvalue weighted by atomic mass is 32.2. The lowest BCUT2D eigenvalue weighted by Gasteiger charge is -1.98. The molecule has 9 heavy (non-hydrogen) atoms. The molecule has 0 radical (unpaired) electrons. The van der Waals surface area contributed by atoms with Crippen molar-refractivity contribution in [1.29, 1.82) is 5.26 Å². The lowest BCUT2D eigenvalue weighted by atomic mass is 10.5. The van der Waals surface area contributed by atoms with Crippen LogP contribution in [-0.2, 0) is 0 Å². The summed E-state index contributed by atoms with van der Waals surface area (Å²) in [4.78, 5) is 0. The number of aliphatic hydroxyl groups excluding tert-OH is 1. The van der Waals surface area contributed by atoms with E-state index in [1.54, 1.807) is 11.8 Å². The molecule has 0 aromatic heterocycles. The first kappa shape index (κ1) is 8.80. The normalized spacial score (nSPS) is 12.6. The van der Waals surface area contributed by atoms with E-state index in [2.05, 4.69) is 6.07 Å². The highest BCUT2D eigenvalue weighted by Crippen LogP contribution is 2.09.